The Labute approximate surface area is 170 Å². The van der Waals surface area contributed by atoms with Crippen molar-refractivity contribution in [2.45, 2.75) is 44.9 Å². The molecule has 1 heterocycles. The van der Waals surface area contributed by atoms with E-state index in [9.17, 15) is 19.2 Å². The first-order chi connectivity index (χ1) is 14.1. The van der Waals surface area contributed by atoms with Crippen LogP contribution in [-0.4, -0.2) is 48.3 Å². The zero-order valence-corrected chi connectivity index (χ0v) is 16.4. The number of ether oxygens (including phenoxy) is 1. The van der Waals surface area contributed by atoms with Gasteiger partial charge in [-0.2, -0.15) is 0 Å². The highest BCUT2D eigenvalue weighted by atomic mass is 16.5. The van der Waals surface area contributed by atoms with Gasteiger partial charge in [0.05, 0.1) is 11.1 Å². The number of esters is 1. The highest BCUT2D eigenvalue weighted by molar-refractivity contribution is 6.21. The largest absolute Gasteiger partial charge is 0.456 e. The molecule has 154 valence electrons. The fraction of sp³-hybridized carbons (Fsp3) is 0.455. The number of amides is 3. The van der Waals surface area contributed by atoms with Crippen LogP contribution in [0.15, 0.2) is 35.9 Å². The molecule has 0 bridgehead atoms. The average molecular weight is 398 g/mol. The second-order valence-corrected chi connectivity index (χ2v) is 7.28. The van der Waals surface area contributed by atoms with E-state index in [0.717, 1.165) is 24.2 Å². The monoisotopic (exact) mass is 398 g/mol. The summed E-state index contributed by atoms with van der Waals surface area (Å²) < 4.78 is 4.97. The van der Waals surface area contributed by atoms with Crippen LogP contribution in [0.25, 0.3) is 0 Å². The van der Waals surface area contributed by atoms with Crippen molar-refractivity contribution in [2.75, 3.05) is 19.7 Å². The molecule has 7 heteroatoms. The van der Waals surface area contributed by atoms with Crippen molar-refractivity contribution in [1.82, 2.24) is 10.2 Å². The smallest absolute Gasteiger partial charge is 0.306 e. The van der Waals surface area contributed by atoms with E-state index in [1.165, 1.54) is 18.4 Å². The standard InChI is InChI=1S/C22H26N2O5/c25-19(23-13-12-16-7-2-1-3-8-16)15-29-20(26)11-6-14-24-21(27)17-9-4-5-10-18(17)22(24)28/h4-5,7,9-10H,1-3,6,8,11-15H2,(H,23,25). The summed E-state index contributed by atoms with van der Waals surface area (Å²) in [5, 5.41) is 2.75. The molecule has 29 heavy (non-hydrogen) atoms. The summed E-state index contributed by atoms with van der Waals surface area (Å²) in [6, 6.07) is 6.66. The summed E-state index contributed by atoms with van der Waals surface area (Å²) in [7, 11) is 0. The average Bonchev–Trinajstić information content (AvgIpc) is 2.98. The lowest BCUT2D eigenvalue weighted by atomic mass is 9.97. The Kier molecular flexibility index (Phi) is 7.16. The van der Waals surface area contributed by atoms with Gasteiger partial charge in [-0.15, -0.1) is 0 Å². The first-order valence-corrected chi connectivity index (χ1v) is 10.1. The second kappa shape index (κ2) is 10.0. The van der Waals surface area contributed by atoms with Gasteiger partial charge >= 0.3 is 5.97 Å². The van der Waals surface area contributed by atoms with Gasteiger partial charge in [0, 0.05) is 19.5 Å². The minimum absolute atomic E-state index is 0.0353. The quantitative estimate of drug-likeness (QED) is 0.392. The summed E-state index contributed by atoms with van der Waals surface area (Å²) in [6.45, 7) is 0.371. The van der Waals surface area contributed by atoms with Crippen LogP contribution < -0.4 is 5.32 Å². The van der Waals surface area contributed by atoms with Gasteiger partial charge in [0.2, 0.25) is 0 Å². The van der Waals surface area contributed by atoms with Gasteiger partial charge in [0.15, 0.2) is 6.61 Å². The molecule has 0 fully saturated rings. The number of hydrogen-bond acceptors (Lipinski definition) is 5. The number of fused-ring (bicyclic) bond motifs is 1. The molecule has 1 N–H and O–H groups in total. The molecule has 3 rings (SSSR count). The molecule has 1 aromatic rings. The number of allylic oxidation sites excluding steroid dienone is 1. The van der Waals surface area contributed by atoms with E-state index >= 15 is 0 Å². The van der Waals surface area contributed by atoms with Gasteiger partial charge < -0.3 is 10.1 Å². The maximum Gasteiger partial charge on any atom is 0.306 e. The van der Waals surface area contributed by atoms with Gasteiger partial charge in [-0.05, 0) is 50.7 Å². The molecule has 0 aromatic heterocycles. The van der Waals surface area contributed by atoms with Gasteiger partial charge in [0.1, 0.15) is 0 Å². The lowest BCUT2D eigenvalue weighted by molar-refractivity contribution is -0.148. The molecule has 1 aliphatic heterocycles. The lowest BCUT2D eigenvalue weighted by Gasteiger charge is -2.14. The van der Waals surface area contributed by atoms with Crippen LogP contribution in [-0.2, 0) is 14.3 Å². The Hall–Kier alpha value is -2.96. The molecule has 0 spiro atoms. The lowest BCUT2D eigenvalue weighted by Crippen LogP contribution is -2.31. The molecule has 0 saturated carbocycles. The maximum atomic E-state index is 12.2. The molecule has 7 nitrogen and oxygen atoms in total. The topological polar surface area (TPSA) is 92.8 Å². The number of nitrogens with zero attached hydrogens (tertiary/aromatic N) is 1. The van der Waals surface area contributed by atoms with Crippen molar-refractivity contribution >= 4 is 23.7 Å². The van der Waals surface area contributed by atoms with Crippen molar-refractivity contribution in [3.05, 3.63) is 47.0 Å². The van der Waals surface area contributed by atoms with E-state index in [2.05, 4.69) is 11.4 Å². The predicted octanol–water partition coefficient (Wildman–Crippen LogP) is 2.61. The number of hydrogen-bond donors (Lipinski definition) is 1. The number of carbonyl (C=O) groups is 4. The SMILES string of the molecule is O=C(COC(=O)CCCN1C(=O)c2ccccc2C1=O)NCCC1=CCCCC1. The number of benzene rings is 1. The molecule has 1 aliphatic carbocycles. The zero-order chi connectivity index (χ0) is 20.6. The number of carbonyl (C=O) groups excluding carboxylic acids is 4. The molecule has 3 amide bonds. The van der Waals surface area contributed by atoms with Crippen LogP contribution in [0.3, 0.4) is 0 Å². The van der Waals surface area contributed by atoms with Crippen molar-refractivity contribution in [3.8, 4) is 0 Å². The Balaban J connectivity index is 1.30. The van der Waals surface area contributed by atoms with Crippen LogP contribution in [0.5, 0.6) is 0 Å². The Morgan fingerprint density at radius 1 is 1.07 bits per heavy atom. The molecule has 0 saturated heterocycles. The Morgan fingerprint density at radius 3 is 2.45 bits per heavy atom. The normalized spacial score (nSPS) is 15.7. The van der Waals surface area contributed by atoms with E-state index < -0.39 is 5.97 Å². The Morgan fingerprint density at radius 2 is 1.79 bits per heavy atom. The number of rotatable bonds is 9. The van der Waals surface area contributed by atoms with Gasteiger partial charge in [-0.3, -0.25) is 24.1 Å². The fourth-order valence-corrected chi connectivity index (χ4v) is 3.59. The minimum atomic E-state index is -0.522. The number of imide groups is 1. The van der Waals surface area contributed by atoms with Crippen molar-refractivity contribution in [2.24, 2.45) is 0 Å². The third-order valence-electron chi connectivity index (χ3n) is 5.16. The number of nitrogens with one attached hydrogen (secondary N) is 1. The van der Waals surface area contributed by atoms with E-state index in [-0.39, 0.29) is 37.3 Å². The van der Waals surface area contributed by atoms with Crippen molar-refractivity contribution < 1.29 is 23.9 Å². The molecular formula is C22H26N2O5. The summed E-state index contributed by atoms with van der Waals surface area (Å²) >= 11 is 0. The minimum Gasteiger partial charge on any atom is -0.456 e. The highest BCUT2D eigenvalue weighted by Gasteiger charge is 2.34. The molecule has 0 unspecified atom stereocenters. The van der Waals surface area contributed by atoms with Crippen molar-refractivity contribution in [3.63, 3.8) is 0 Å². The van der Waals surface area contributed by atoms with Gasteiger partial charge in [0.25, 0.3) is 17.7 Å². The van der Waals surface area contributed by atoms with E-state index in [1.807, 2.05) is 0 Å². The highest BCUT2D eigenvalue weighted by Crippen LogP contribution is 2.22. The third kappa shape index (κ3) is 5.53. The molecule has 0 radical (unpaired) electrons. The maximum absolute atomic E-state index is 12.2. The van der Waals surface area contributed by atoms with Crippen molar-refractivity contribution in [1.29, 1.82) is 0 Å². The summed E-state index contributed by atoms with van der Waals surface area (Å²) in [4.78, 5) is 49.2. The van der Waals surface area contributed by atoms with Crippen LogP contribution in [0.4, 0.5) is 0 Å². The zero-order valence-electron chi connectivity index (χ0n) is 16.4. The molecule has 0 atom stereocenters. The van der Waals surface area contributed by atoms with Crippen LogP contribution in [0, 0.1) is 0 Å². The van der Waals surface area contributed by atoms with Gasteiger partial charge in [-0.25, -0.2) is 0 Å². The van der Waals surface area contributed by atoms with Crippen LogP contribution >= 0.6 is 0 Å². The van der Waals surface area contributed by atoms with Crippen LogP contribution in [0.2, 0.25) is 0 Å². The molecular weight excluding hydrogens is 372 g/mol. The fourth-order valence-electron chi connectivity index (χ4n) is 3.59. The predicted molar refractivity (Wildman–Crippen MR) is 106 cm³/mol. The summed E-state index contributed by atoms with van der Waals surface area (Å²) in [5.41, 5.74) is 2.16. The summed E-state index contributed by atoms with van der Waals surface area (Å²) in [5.74, 6) is -1.53. The van der Waals surface area contributed by atoms with E-state index in [4.69, 9.17) is 4.74 Å². The first-order valence-electron chi connectivity index (χ1n) is 10.1. The molecule has 2 aliphatic rings. The van der Waals surface area contributed by atoms with E-state index in [1.54, 1.807) is 24.3 Å². The third-order valence-corrected chi connectivity index (χ3v) is 5.16. The van der Waals surface area contributed by atoms with Gasteiger partial charge in [-0.1, -0.05) is 23.8 Å². The summed E-state index contributed by atoms with van der Waals surface area (Å²) in [6.07, 6.45) is 8.05. The Bertz CT molecular complexity index is 795. The van der Waals surface area contributed by atoms with Crippen LogP contribution in [0.1, 0.15) is 65.7 Å². The first kappa shape index (κ1) is 20.8. The van der Waals surface area contributed by atoms with E-state index in [0.29, 0.717) is 24.1 Å². The molecule has 1 aromatic carbocycles. The second-order valence-electron chi connectivity index (χ2n) is 7.28.